The molecule has 2 rings (SSSR count). The van der Waals surface area contributed by atoms with Gasteiger partial charge in [0.2, 0.25) is 5.91 Å². The Kier molecular flexibility index (Phi) is 3.95. The first-order valence-electron chi connectivity index (χ1n) is 5.94. The van der Waals surface area contributed by atoms with Crippen LogP contribution in [0.25, 0.3) is 6.08 Å². The molecule has 102 valence electrons. The topological polar surface area (TPSA) is 90.0 Å². The Morgan fingerprint density at radius 3 is 2.65 bits per heavy atom. The number of rotatable bonds is 4. The number of amides is 2. The van der Waals surface area contributed by atoms with E-state index in [2.05, 4.69) is 10.4 Å². The van der Waals surface area contributed by atoms with Crippen LogP contribution in [0, 0.1) is 0 Å². The number of aryl methyl sites for hydroxylation is 1. The molecule has 0 atom stereocenters. The summed E-state index contributed by atoms with van der Waals surface area (Å²) in [6, 6.07) is 9.41. The highest BCUT2D eigenvalue weighted by Crippen LogP contribution is 2.13. The minimum absolute atomic E-state index is 0.159. The van der Waals surface area contributed by atoms with Crippen molar-refractivity contribution in [2.45, 2.75) is 0 Å². The standard InChI is InChI=1S/C14H14N4O2/c1-18-13(14(15)20)11(9-16-18)17-12(19)8-7-10-5-3-2-4-6-10/h2-9H,1H3,(H2,15,20)(H,17,19). The van der Waals surface area contributed by atoms with Gasteiger partial charge in [-0.15, -0.1) is 0 Å². The van der Waals surface area contributed by atoms with Crippen molar-refractivity contribution in [3.05, 3.63) is 53.9 Å². The quantitative estimate of drug-likeness (QED) is 0.817. The SMILES string of the molecule is Cn1ncc(NC(=O)C=Cc2ccccc2)c1C(N)=O. The number of benzene rings is 1. The number of hydrogen-bond donors (Lipinski definition) is 2. The van der Waals surface area contributed by atoms with Gasteiger partial charge in [-0.05, 0) is 11.6 Å². The minimum atomic E-state index is -0.646. The van der Waals surface area contributed by atoms with Gasteiger partial charge in [0.1, 0.15) is 5.69 Å². The zero-order valence-corrected chi connectivity index (χ0v) is 10.9. The number of primary amides is 1. The lowest BCUT2D eigenvalue weighted by molar-refractivity contribution is -0.111. The Hall–Kier alpha value is -2.89. The number of carbonyl (C=O) groups is 2. The first-order valence-corrected chi connectivity index (χ1v) is 5.94. The van der Waals surface area contributed by atoms with Crippen LogP contribution in [0.15, 0.2) is 42.6 Å². The second-order valence-corrected chi connectivity index (χ2v) is 4.13. The van der Waals surface area contributed by atoms with E-state index < -0.39 is 5.91 Å². The van der Waals surface area contributed by atoms with E-state index in [9.17, 15) is 9.59 Å². The lowest BCUT2D eigenvalue weighted by Gasteiger charge is -2.02. The molecular formula is C14H14N4O2. The first kappa shape index (κ1) is 13.5. The zero-order chi connectivity index (χ0) is 14.5. The molecule has 1 aromatic carbocycles. The fourth-order valence-electron chi connectivity index (χ4n) is 1.73. The summed E-state index contributed by atoms with van der Waals surface area (Å²) in [5.74, 6) is -1.00. The van der Waals surface area contributed by atoms with Crippen LogP contribution >= 0.6 is 0 Å². The molecule has 2 aromatic rings. The third-order valence-electron chi connectivity index (χ3n) is 2.66. The van der Waals surface area contributed by atoms with Crippen LogP contribution in [0.1, 0.15) is 16.1 Å². The zero-order valence-electron chi connectivity index (χ0n) is 10.9. The highest BCUT2D eigenvalue weighted by atomic mass is 16.2. The molecule has 0 saturated heterocycles. The third kappa shape index (κ3) is 3.11. The number of nitrogens with one attached hydrogen (secondary N) is 1. The Morgan fingerprint density at radius 2 is 2.00 bits per heavy atom. The molecule has 0 saturated carbocycles. The summed E-state index contributed by atoms with van der Waals surface area (Å²) >= 11 is 0. The molecule has 6 nitrogen and oxygen atoms in total. The fraction of sp³-hybridized carbons (Fsp3) is 0.0714. The normalized spacial score (nSPS) is 10.7. The predicted octanol–water partition coefficient (Wildman–Crippen LogP) is 1.17. The van der Waals surface area contributed by atoms with Crippen molar-refractivity contribution in [3.63, 3.8) is 0 Å². The van der Waals surface area contributed by atoms with E-state index >= 15 is 0 Å². The van der Waals surface area contributed by atoms with E-state index in [-0.39, 0.29) is 11.6 Å². The molecule has 0 fully saturated rings. The molecule has 0 radical (unpaired) electrons. The van der Waals surface area contributed by atoms with E-state index in [4.69, 9.17) is 5.73 Å². The summed E-state index contributed by atoms with van der Waals surface area (Å²) in [4.78, 5) is 23.0. The minimum Gasteiger partial charge on any atom is -0.364 e. The molecule has 0 spiro atoms. The maximum absolute atomic E-state index is 11.8. The number of anilines is 1. The molecule has 0 aliphatic rings. The van der Waals surface area contributed by atoms with E-state index in [1.54, 1.807) is 13.1 Å². The van der Waals surface area contributed by atoms with Crippen LogP contribution in [0.4, 0.5) is 5.69 Å². The van der Waals surface area contributed by atoms with Crippen molar-refractivity contribution in [2.75, 3.05) is 5.32 Å². The summed E-state index contributed by atoms with van der Waals surface area (Å²) in [5.41, 5.74) is 6.59. The Bertz CT molecular complexity index is 659. The van der Waals surface area contributed by atoms with E-state index in [1.807, 2.05) is 30.3 Å². The van der Waals surface area contributed by atoms with Crippen molar-refractivity contribution >= 4 is 23.6 Å². The molecule has 0 aliphatic heterocycles. The van der Waals surface area contributed by atoms with Crippen LogP contribution in [-0.2, 0) is 11.8 Å². The second-order valence-electron chi connectivity index (χ2n) is 4.13. The van der Waals surface area contributed by atoms with Gasteiger partial charge in [-0.25, -0.2) is 0 Å². The van der Waals surface area contributed by atoms with Gasteiger partial charge in [-0.1, -0.05) is 30.3 Å². The lowest BCUT2D eigenvalue weighted by atomic mass is 10.2. The highest BCUT2D eigenvalue weighted by molar-refractivity contribution is 6.06. The second kappa shape index (κ2) is 5.83. The van der Waals surface area contributed by atoms with Crippen LogP contribution in [0.3, 0.4) is 0 Å². The number of nitrogens with two attached hydrogens (primary N) is 1. The molecule has 0 unspecified atom stereocenters. The number of hydrogen-bond acceptors (Lipinski definition) is 3. The average molecular weight is 270 g/mol. The van der Waals surface area contributed by atoms with Crippen molar-refractivity contribution < 1.29 is 9.59 Å². The molecule has 0 aliphatic carbocycles. The monoisotopic (exact) mass is 270 g/mol. The van der Waals surface area contributed by atoms with E-state index in [0.717, 1.165) is 5.56 Å². The molecular weight excluding hydrogens is 256 g/mol. The summed E-state index contributed by atoms with van der Waals surface area (Å²) in [7, 11) is 1.58. The molecule has 2 amide bonds. The van der Waals surface area contributed by atoms with Gasteiger partial charge >= 0.3 is 0 Å². The predicted molar refractivity (Wildman–Crippen MR) is 75.8 cm³/mol. The smallest absolute Gasteiger partial charge is 0.269 e. The molecule has 6 heteroatoms. The number of nitrogens with zero attached hydrogens (tertiary/aromatic N) is 2. The van der Waals surface area contributed by atoms with Gasteiger partial charge in [0.05, 0.1) is 11.9 Å². The maximum atomic E-state index is 11.8. The van der Waals surface area contributed by atoms with Crippen LogP contribution in [0.2, 0.25) is 0 Å². The number of aromatic nitrogens is 2. The van der Waals surface area contributed by atoms with Crippen LogP contribution in [-0.4, -0.2) is 21.6 Å². The molecule has 0 bridgehead atoms. The summed E-state index contributed by atoms with van der Waals surface area (Å²) < 4.78 is 1.32. The fourth-order valence-corrected chi connectivity index (χ4v) is 1.73. The van der Waals surface area contributed by atoms with Gasteiger partial charge in [0, 0.05) is 13.1 Å². The molecule has 1 aromatic heterocycles. The Morgan fingerprint density at radius 1 is 1.30 bits per heavy atom. The summed E-state index contributed by atoms with van der Waals surface area (Å²) in [6.07, 6.45) is 4.44. The largest absolute Gasteiger partial charge is 0.364 e. The summed E-state index contributed by atoms with van der Waals surface area (Å²) in [6.45, 7) is 0. The van der Waals surface area contributed by atoms with Crippen LogP contribution in [0.5, 0.6) is 0 Å². The maximum Gasteiger partial charge on any atom is 0.269 e. The van der Waals surface area contributed by atoms with Crippen molar-refractivity contribution in [1.29, 1.82) is 0 Å². The van der Waals surface area contributed by atoms with E-state index in [0.29, 0.717) is 5.69 Å². The van der Waals surface area contributed by atoms with Gasteiger partial charge in [-0.3, -0.25) is 14.3 Å². The molecule has 20 heavy (non-hydrogen) atoms. The van der Waals surface area contributed by atoms with Gasteiger partial charge in [-0.2, -0.15) is 5.10 Å². The van der Waals surface area contributed by atoms with E-state index in [1.165, 1.54) is 17.0 Å². The van der Waals surface area contributed by atoms with Gasteiger partial charge in [0.15, 0.2) is 0 Å². The lowest BCUT2D eigenvalue weighted by Crippen LogP contribution is -2.19. The third-order valence-corrected chi connectivity index (χ3v) is 2.66. The summed E-state index contributed by atoms with van der Waals surface area (Å²) in [5, 5.41) is 6.46. The van der Waals surface area contributed by atoms with Crippen molar-refractivity contribution in [3.8, 4) is 0 Å². The Labute approximate surface area is 115 Å². The highest BCUT2D eigenvalue weighted by Gasteiger charge is 2.14. The Balaban J connectivity index is 2.09. The van der Waals surface area contributed by atoms with Crippen molar-refractivity contribution in [2.24, 2.45) is 12.8 Å². The van der Waals surface area contributed by atoms with Gasteiger partial charge in [0.25, 0.3) is 5.91 Å². The van der Waals surface area contributed by atoms with Crippen LogP contribution < -0.4 is 11.1 Å². The number of carbonyl (C=O) groups excluding carboxylic acids is 2. The first-order chi connectivity index (χ1) is 9.58. The van der Waals surface area contributed by atoms with Gasteiger partial charge < -0.3 is 11.1 Å². The molecule has 3 N–H and O–H groups in total. The molecule has 1 heterocycles. The average Bonchev–Trinajstić information content (AvgIpc) is 2.78. The van der Waals surface area contributed by atoms with Crippen molar-refractivity contribution in [1.82, 2.24) is 9.78 Å².